The zero-order chi connectivity index (χ0) is 11.3. The highest BCUT2D eigenvalue weighted by molar-refractivity contribution is 7.63. The van der Waals surface area contributed by atoms with Crippen molar-refractivity contribution in [3.8, 4) is 0 Å². The lowest BCUT2D eigenvalue weighted by atomic mass is 11.2. The second-order valence-electron chi connectivity index (χ2n) is 5.31. The summed E-state index contributed by atoms with van der Waals surface area (Å²) in [5.74, 6) is 0. The predicted octanol–water partition coefficient (Wildman–Crippen LogP) is 1.32. The molecule has 0 aromatic rings. The van der Waals surface area contributed by atoms with Crippen LogP contribution in [0.5, 0.6) is 0 Å². The Kier molecular flexibility index (Phi) is 3.18. The molecule has 0 atom stereocenters. The highest BCUT2D eigenvalue weighted by Gasteiger charge is 2.55. The smallest absolute Gasteiger partial charge is 0.141 e. The SMILES string of the molecule is CN1N(C)[Si](C)[Si](C)(C)[Si](C)(C)N1C. The van der Waals surface area contributed by atoms with E-state index in [1.165, 1.54) is 0 Å². The zero-order valence-corrected chi connectivity index (χ0v) is 13.8. The van der Waals surface area contributed by atoms with Crippen LogP contribution in [-0.4, -0.2) is 58.9 Å². The molecule has 6 heteroatoms. The Morgan fingerprint density at radius 1 is 0.929 bits per heavy atom. The van der Waals surface area contributed by atoms with Gasteiger partial charge in [0.2, 0.25) is 0 Å². The van der Waals surface area contributed by atoms with Gasteiger partial charge in [-0.15, -0.1) is 0 Å². The Hall–Kier alpha value is 0.531. The van der Waals surface area contributed by atoms with E-state index in [1.807, 2.05) is 0 Å². The maximum absolute atomic E-state index is 2.59. The first-order valence-electron chi connectivity index (χ1n) is 5.19. The number of hydrogen-bond donors (Lipinski definition) is 0. The minimum Gasteiger partial charge on any atom is -0.259 e. The highest BCUT2D eigenvalue weighted by Crippen LogP contribution is 2.31. The third-order valence-corrected chi connectivity index (χ3v) is 37.9. The van der Waals surface area contributed by atoms with Gasteiger partial charge in [0.25, 0.3) is 0 Å². The van der Waals surface area contributed by atoms with Gasteiger partial charge in [-0.3, -0.25) is 9.35 Å². The molecule has 1 radical (unpaired) electrons. The van der Waals surface area contributed by atoms with Crippen LogP contribution in [0.2, 0.25) is 32.7 Å². The van der Waals surface area contributed by atoms with Crippen LogP contribution in [0.1, 0.15) is 0 Å². The van der Waals surface area contributed by atoms with Gasteiger partial charge in [0.15, 0.2) is 0 Å². The van der Waals surface area contributed by atoms with Crippen LogP contribution in [0.4, 0.5) is 0 Å². The molecule has 1 aliphatic heterocycles. The van der Waals surface area contributed by atoms with Crippen LogP contribution in [0.3, 0.4) is 0 Å². The fraction of sp³-hybridized carbons (Fsp3) is 1.00. The van der Waals surface area contributed by atoms with E-state index in [0.717, 1.165) is 0 Å². The lowest BCUT2D eigenvalue weighted by Gasteiger charge is -2.59. The van der Waals surface area contributed by atoms with E-state index in [1.54, 1.807) is 0 Å². The van der Waals surface area contributed by atoms with Gasteiger partial charge in [-0.1, -0.05) is 32.7 Å². The van der Waals surface area contributed by atoms with Gasteiger partial charge in [-0.25, -0.2) is 0 Å². The van der Waals surface area contributed by atoms with Crippen LogP contribution < -0.4 is 0 Å². The Morgan fingerprint density at radius 3 is 1.79 bits per heavy atom. The lowest BCUT2D eigenvalue weighted by molar-refractivity contribution is -0.0391. The van der Waals surface area contributed by atoms with Crippen LogP contribution in [-0.2, 0) is 0 Å². The summed E-state index contributed by atoms with van der Waals surface area (Å²) in [7, 11) is 4.18. The quantitative estimate of drug-likeness (QED) is 0.597. The Labute approximate surface area is 92.0 Å². The summed E-state index contributed by atoms with van der Waals surface area (Å²) in [6.07, 6.45) is 0. The summed E-state index contributed by atoms with van der Waals surface area (Å²) in [5.41, 5.74) is 0. The van der Waals surface area contributed by atoms with Crippen LogP contribution in [0.15, 0.2) is 0 Å². The molecule has 1 fully saturated rings. The lowest BCUT2D eigenvalue weighted by Crippen LogP contribution is -2.83. The molecule has 1 rings (SSSR count). The van der Waals surface area contributed by atoms with Gasteiger partial charge in [0.05, 0.1) is 7.11 Å². The fourth-order valence-corrected chi connectivity index (χ4v) is 25.3. The summed E-state index contributed by atoms with van der Waals surface area (Å²) in [4.78, 5) is 0. The fourth-order valence-electron chi connectivity index (χ4n) is 2.03. The predicted molar refractivity (Wildman–Crippen MR) is 69.9 cm³/mol. The van der Waals surface area contributed by atoms with Crippen molar-refractivity contribution in [2.75, 3.05) is 21.1 Å². The van der Waals surface area contributed by atoms with E-state index >= 15 is 0 Å². The molecule has 0 amide bonds. The standard InChI is InChI=1S/C8H24N3Si3/c1-9-10(2)12(4)14(7,8)13(5,6)11(9)3/h1-8H3. The summed E-state index contributed by atoms with van der Waals surface area (Å²) in [6.45, 7) is 12.8. The van der Waals surface area contributed by atoms with E-state index in [0.29, 0.717) is 0 Å². The summed E-state index contributed by atoms with van der Waals surface area (Å²) < 4.78 is 5.03. The summed E-state index contributed by atoms with van der Waals surface area (Å²) in [6, 6.07) is 0. The Balaban J connectivity index is 3.10. The van der Waals surface area contributed by atoms with Crippen LogP contribution in [0, 0.1) is 0 Å². The van der Waals surface area contributed by atoms with Crippen LogP contribution in [0.25, 0.3) is 0 Å². The van der Waals surface area contributed by atoms with Crippen molar-refractivity contribution in [3.63, 3.8) is 0 Å². The monoisotopic (exact) mass is 246 g/mol. The third kappa shape index (κ3) is 1.48. The van der Waals surface area contributed by atoms with E-state index in [9.17, 15) is 0 Å². The molecule has 1 saturated heterocycles. The number of hydrazine groups is 2. The summed E-state index contributed by atoms with van der Waals surface area (Å²) >= 11 is 0. The molecule has 0 unspecified atom stereocenters. The van der Waals surface area contributed by atoms with Gasteiger partial charge >= 0.3 is 0 Å². The third-order valence-electron chi connectivity index (χ3n) is 4.60. The van der Waals surface area contributed by atoms with E-state index in [-0.39, 0.29) is 8.48 Å². The number of hydrogen-bond acceptors (Lipinski definition) is 3. The van der Waals surface area contributed by atoms with E-state index in [2.05, 4.69) is 68.3 Å². The largest absolute Gasteiger partial charge is 0.259 e. The molecule has 0 N–H and O–H groups in total. The molecule has 14 heavy (non-hydrogen) atoms. The van der Waals surface area contributed by atoms with Gasteiger partial charge in [-0.05, 0) is 14.1 Å². The summed E-state index contributed by atoms with van der Waals surface area (Å²) in [5, 5.41) is 2.35. The minimum absolute atomic E-state index is 0.316. The first kappa shape index (κ1) is 12.6. The molecule has 0 spiro atoms. The minimum atomic E-state index is -1.19. The average molecular weight is 247 g/mol. The molecular weight excluding hydrogens is 222 g/mol. The van der Waals surface area contributed by atoms with Crippen molar-refractivity contribution in [2.45, 2.75) is 32.7 Å². The molecule has 3 nitrogen and oxygen atoms in total. The normalized spacial score (nSPS) is 30.9. The van der Waals surface area contributed by atoms with E-state index < -0.39 is 14.9 Å². The first-order valence-corrected chi connectivity index (χ1v) is 15.1. The molecule has 0 aromatic heterocycles. The van der Waals surface area contributed by atoms with Gasteiger partial charge in [-0.2, -0.15) is 5.12 Å². The van der Waals surface area contributed by atoms with Crippen LogP contribution >= 0.6 is 0 Å². The molecule has 0 aliphatic carbocycles. The van der Waals surface area contributed by atoms with E-state index in [4.69, 9.17) is 0 Å². The molecule has 1 aliphatic rings. The van der Waals surface area contributed by atoms with Crippen molar-refractivity contribution >= 4 is 23.3 Å². The van der Waals surface area contributed by atoms with Crippen molar-refractivity contribution in [3.05, 3.63) is 0 Å². The van der Waals surface area contributed by atoms with Crippen molar-refractivity contribution in [1.29, 1.82) is 0 Å². The van der Waals surface area contributed by atoms with Crippen molar-refractivity contribution < 1.29 is 0 Å². The topological polar surface area (TPSA) is 9.72 Å². The number of rotatable bonds is 0. The average Bonchev–Trinajstić information content (AvgIpc) is 2.10. The maximum Gasteiger partial charge on any atom is 0.141 e. The first-order chi connectivity index (χ1) is 6.14. The van der Waals surface area contributed by atoms with Gasteiger partial charge in [0, 0.05) is 7.05 Å². The molecular formula is C8H24N3Si3. The second kappa shape index (κ2) is 3.53. The Bertz CT molecular complexity index is 208. The Morgan fingerprint density at radius 2 is 1.36 bits per heavy atom. The van der Waals surface area contributed by atoms with Crippen molar-refractivity contribution in [2.24, 2.45) is 0 Å². The molecule has 0 aromatic carbocycles. The molecule has 83 valence electrons. The molecule has 0 saturated carbocycles. The number of nitrogens with zero attached hydrogens (tertiary/aromatic N) is 3. The molecule has 1 heterocycles. The maximum atomic E-state index is 2.59. The van der Waals surface area contributed by atoms with Gasteiger partial charge < -0.3 is 0 Å². The van der Waals surface area contributed by atoms with Gasteiger partial charge in [0.1, 0.15) is 16.2 Å². The molecule has 0 bridgehead atoms. The van der Waals surface area contributed by atoms with Crippen molar-refractivity contribution in [1.82, 2.24) is 14.5 Å². The highest BCUT2D eigenvalue weighted by atomic mass is 29.6. The second-order valence-corrected chi connectivity index (χ2v) is 29.0. The zero-order valence-electron chi connectivity index (χ0n) is 10.8.